The second-order valence-electron chi connectivity index (χ2n) is 4.85. The highest BCUT2D eigenvalue weighted by atomic mass is 16.1. The first-order valence-corrected chi connectivity index (χ1v) is 6.91. The molecule has 0 radical (unpaired) electrons. The summed E-state index contributed by atoms with van der Waals surface area (Å²) in [6.45, 7) is 2.27. The molecular weight excluding hydrogens is 280 g/mol. The van der Waals surface area contributed by atoms with Crippen LogP contribution in [0.4, 0.5) is 11.8 Å². The maximum absolute atomic E-state index is 12.0. The van der Waals surface area contributed by atoms with Crippen LogP contribution in [0.5, 0.6) is 0 Å². The van der Waals surface area contributed by atoms with Crippen molar-refractivity contribution in [2.75, 3.05) is 17.7 Å². The third-order valence-electron chi connectivity index (χ3n) is 3.18. The van der Waals surface area contributed by atoms with Crippen molar-refractivity contribution in [2.45, 2.75) is 13.5 Å². The Morgan fingerprint density at radius 3 is 2.82 bits per heavy atom. The van der Waals surface area contributed by atoms with Gasteiger partial charge in [-0.15, -0.1) is 0 Å². The quantitative estimate of drug-likeness (QED) is 0.678. The second kappa shape index (κ2) is 5.80. The van der Waals surface area contributed by atoms with Crippen LogP contribution in [0.15, 0.2) is 35.1 Å². The number of aromatic nitrogens is 4. The zero-order valence-corrected chi connectivity index (χ0v) is 12.3. The van der Waals surface area contributed by atoms with E-state index in [9.17, 15) is 4.79 Å². The summed E-state index contributed by atoms with van der Waals surface area (Å²) in [7, 11) is 1.76. The van der Waals surface area contributed by atoms with Gasteiger partial charge in [0.25, 0.3) is 5.56 Å². The number of anilines is 2. The molecule has 3 N–H and O–H groups in total. The lowest BCUT2D eigenvalue weighted by Crippen LogP contribution is -2.15. The van der Waals surface area contributed by atoms with Crippen LogP contribution >= 0.6 is 0 Å². The highest BCUT2D eigenvalue weighted by molar-refractivity contribution is 5.77. The molecule has 3 aromatic rings. The van der Waals surface area contributed by atoms with Crippen LogP contribution in [-0.2, 0) is 6.54 Å². The number of hydrogen-bond acceptors (Lipinski definition) is 6. The van der Waals surface area contributed by atoms with Gasteiger partial charge in [0.1, 0.15) is 11.6 Å². The van der Waals surface area contributed by atoms with Gasteiger partial charge < -0.3 is 15.6 Å². The molecule has 0 fully saturated rings. The van der Waals surface area contributed by atoms with Gasteiger partial charge in [-0.3, -0.25) is 4.79 Å². The summed E-state index contributed by atoms with van der Waals surface area (Å²) in [5, 5.41) is 6.63. The average Bonchev–Trinajstić information content (AvgIpc) is 2.52. The van der Waals surface area contributed by atoms with Crippen LogP contribution in [0.1, 0.15) is 11.5 Å². The van der Waals surface area contributed by atoms with E-state index in [0.29, 0.717) is 35.0 Å². The third-order valence-corrected chi connectivity index (χ3v) is 3.18. The number of rotatable bonds is 4. The van der Waals surface area contributed by atoms with Crippen LogP contribution in [0, 0.1) is 6.92 Å². The largest absolute Gasteiger partial charge is 0.363 e. The molecule has 0 aliphatic rings. The Morgan fingerprint density at radius 1 is 1.18 bits per heavy atom. The molecule has 3 rings (SSSR count). The summed E-state index contributed by atoms with van der Waals surface area (Å²) in [5.41, 5.74) is 1.39. The van der Waals surface area contributed by atoms with Crippen molar-refractivity contribution in [3.63, 3.8) is 0 Å². The molecule has 0 amide bonds. The van der Waals surface area contributed by atoms with E-state index in [-0.39, 0.29) is 5.56 Å². The van der Waals surface area contributed by atoms with Crippen LogP contribution in [0.2, 0.25) is 0 Å². The monoisotopic (exact) mass is 296 g/mol. The third kappa shape index (κ3) is 2.88. The minimum Gasteiger partial charge on any atom is -0.363 e. The van der Waals surface area contributed by atoms with Crippen molar-refractivity contribution < 1.29 is 0 Å². The smallest absolute Gasteiger partial charge is 0.258 e. The fourth-order valence-electron chi connectivity index (χ4n) is 2.16. The topological polar surface area (TPSA) is 95.6 Å². The molecular formula is C15H16N6O. The summed E-state index contributed by atoms with van der Waals surface area (Å²) in [6, 6.07) is 9.09. The molecule has 1 aromatic carbocycles. The summed E-state index contributed by atoms with van der Waals surface area (Å²) < 4.78 is 0. The Balaban J connectivity index is 1.85. The number of nitrogens with one attached hydrogen (secondary N) is 3. The lowest BCUT2D eigenvalue weighted by molar-refractivity contribution is 0.940. The van der Waals surface area contributed by atoms with Crippen molar-refractivity contribution in [2.24, 2.45) is 0 Å². The Bertz CT molecular complexity index is 873. The molecule has 0 aliphatic heterocycles. The standard InChI is InChI=1S/C15H16N6O/c1-9-7-12(21-15(16-2)18-9)17-8-13-19-11-6-4-3-5-10(11)14(22)20-13/h3-7H,8H2,1-2H3,(H,19,20,22)(H2,16,17,18,21). The van der Waals surface area contributed by atoms with Crippen LogP contribution in [0.3, 0.4) is 0 Å². The van der Waals surface area contributed by atoms with Crippen LogP contribution in [0.25, 0.3) is 10.9 Å². The van der Waals surface area contributed by atoms with Gasteiger partial charge in [0.15, 0.2) is 0 Å². The van der Waals surface area contributed by atoms with Crippen molar-refractivity contribution in [1.29, 1.82) is 0 Å². The van der Waals surface area contributed by atoms with E-state index in [1.807, 2.05) is 31.2 Å². The van der Waals surface area contributed by atoms with E-state index in [1.54, 1.807) is 13.1 Å². The lowest BCUT2D eigenvalue weighted by Gasteiger charge is -2.08. The van der Waals surface area contributed by atoms with Gasteiger partial charge in [0, 0.05) is 18.8 Å². The van der Waals surface area contributed by atoms with Crippen molar-refractivity contribution in [1.82, 2.24) is 19.9 Å². The fraction of sp³-hybridized carbons (Fsp3) is 0.200. The molecule has 2 heterocycles. The molecule has 0 saturated heterocycles. The first kappa shape index (κ1) is 14.0. The first-order valence-electron chi connectivity index (χ1n) is 6.91. The number of nitrogens with zero attached hydrogens (tertiary/aromatic N) is 3. The van der Waals surface area contributed by atoms with E-state index in [2.05, 4.69) is 30.6 Å². The number of aryl methyl sites for hydroxylation is 1. The van der Waals surface area contributed by atoms with Crippen molar-refractivity contribution >= 4 is 22.7 Å². The zero-order chi connectivity index (χ0) is 15.5. The number of H-pyrrole nitrogens is 1. The number of benzene rings is 1. The van der Waals surface area contributed by atoms with Crippen LogP contribution < -0.4 is 16.2 Å². The highest BCUT2D eigenvalue weighted by Gasteiger charge is 2.05. The summed E-state index contributed by atoms with van der Waals surface area (Å²) in [5.74, 6) is 1.78. The molecule has 0 unspecified atom stereocenters. The average molecular weight is 296 g/mol. The molecule has 7 nitrogen and oxygen atoms in total. The van der Waals surface area contributed by atoms with Gasteiger partial charge in [0.2, 0.25) is 5.95 Å². The molecule has 0 aliphatic carbocycles. The molecule has 0 spiro atoms. The molecule has 0 atom stereocenters. The van der Waals surface area contributed by atoms with Gasteiger partial charge in [-0.2, -0.15) is 4.98 Å². The molecule has 2 aromatic heterocycles. The maximum Gasteiger partial charge on any atom is 0.258 e. The summed E-state index contributed by atoms with van der Waals surface area (Å²) in [4.78, 5) is 27.7. The van der Waals surface area contributed by atoms with Crippen molar-refractivity contribution in [3.8, 4) is 0 Å². The predicted molar refractivity (Wildman–Crippen MR) is 86.0 cm³/mol. The van der Waals surface area contributed by atoms with Gasteiger partial charge in [0.05, 0.1) is 17.4 Å². The van der Waals surface area contributed by atoms with Gasteiger partial charge >= 0.3 is 0 Å². The van der Waals surface area contributed by atoms with E-state index < -0.39 is 0 Å². The number of para-hydroxylation sites is 1. The van der Waals surface area contributed by atoms with Gasteiger partial charge in [-0.05, 0) is 19.1 Å². The number of aromatic amines is 1. The Labute approximate surface area is 126 Å². The van der Waals surface area contributed by atoms with E-state index in [1.165, 1.54) is 0 Å². The fourth-order valence-corrected chi connectivity index (χ4v) is 2.16. The first-order chi connectivity index (χ1) is 10.7. The molecule has 0 bridgehead atoms. The normalized spacial score (nSPS) is 10.6. The predicted octanol–water partition coefficient (Wildman–Crippen LogP) is 1.68. The van der Waals surface area contributed by atoms with Crippen LogP contribution in [-0.4, -0.2) is 27.0 Å². The lowest BCUT2D eigenvalue weighted by atomic mass is 10.2. The molecule has 0 saturated carbocycles. The molecule has 7 heteroatoms. The van der Waals surface area contributed by atoms with Gasteiger partial charge in [-0.25, -0.2) is 9.97 Å². The minimum absolute atomic E-state index is 0.141. The van der Waals surface area contributed by atoms with E-state index >= 15 is 0 Å². The molecule has 22 heavy (non-hydrogen) atoms. The summed E-state index contributed by atoms with van der Waals surface area (Å²) in [6.07, 6.45) is 0. The van der Waals surface area contributed by atoms with E-state index in [0.717, 1.165) is 5.69 Å². The van der Waals surface area contributed by atoms with Gasteiger partial charge in [-0.1, -0.05) is 12.1 Å². The van der Waals surface area contributed by atoms with E-state index in [4.69, 9.17) is 0 Å². The highest BCUT2D eigenvalue weighted by Crippen LogP contribution is 2.10. The number of hydrogen-bond donors (Lipinski definition) is 3. The maximum atomic E-state index is 12.0. The minimum atomic E-state index is -0.141. The SMILES string of the molecule is CNc1nc(C)cc(NCc2nc3ccccc3c(=O)[nH]2)n1. The second-order valence-corrected chi connectivity index (χ2v) is 4.85. The zero-order valence-electron chi connectivity index (χ0n) is 12.3. The van der Waals surface area contributed by atoms with Crippen molar-refractivity contribution in [3.05, 3.63) is 52.2 Å². The Morgan fingerprint density at radius 2 is 2.00 bits per heavy atom. The molecule has 112 valence electrons. The summed E-state index contributed by atoms with van der Waals surface area (Å²) >= 11 is 0. The number of fused-ring (bicyclic) bond motifs is 1. The Hall–Kier alpha value is -2.96. The Kier molecular flexibility index (Phi) is 3.69.